The standard InChI is InChI=1S/C12H13BrF2N2O3/c13-6-3-8(14)11(15)10(4-6)19-5-7-1-2-9(20-7)12(18)17-16/h3-4,7,9H,1-2,5,16H2,(H,17,18). The Hall–Kier alpha value is -1.25. The molecule has 1 aromatic rings. The van der Waals surface area contributed by atoms with Crippen LogP contribution in [0.15, 0.2) is 16.6 Å². The highest BCUT2D eigenvalue weighted by atomic mass is 79.9. The van der Waals surface area contributed by atoms with Crippen LogP contribution in [0.25, 0.3) is 0 Å². The normalized spacial score (nSPS) is 21.8. The van der Waals surface area contributed by atoms with Gasteiger partial charge in [-0.15, -0.1) is 0 Å². The second-order valence-electron chi connectivity index (χ2n) is 4.34. The molecule has 0 spiro atoms. The van der Waals surface area contributed by atoms with Crippen molar-refractivity contribution in [2.75, 3.05) is 6.61 Å². The molecule has 20 heavy (non-hydrogen) atoms. The average molecular weight is 351 g/mol. The van der Waals surface area contributed by atoms with E-state index in [2.05, 4.69) is 15.9 Å². The fourth-order valence-electron chi connectivity index (χ4n) is 1.93. The van der Waals surface area contributed by atoms with E-state index in [1.54, 1.807) is 0 Å². The molecule has 0 saturated carbocycles. The summed E-state index contributed by atoms with van der Waals surface area (Å²) in [6.07, 6.45) is 0.0965. The van der Waals surface area contributed by atoms with Gasteiger partial charge in [0.2, 0.25) is 5.82 Å². The third-order valence-corrected chi connectivity index (χ3v) is 3.38. The number of ether oxygens (including phenoxy) is 2. The van der Waals surface area contributed by atoms with E-state index in [0.29, 0.717) is 17.3 Å². The Kier molecular flexibility index (Phi) is 4.90. The van der Waals surface area contributed by atoms with E-state index < -0.39 is 23.6 Å². The molecule has 1 amide bonds. The summed E-state index contributed by atoms with van der Waals surface area (Å²) in [4.78, 5) is 11.3. The molecule has 0 bridgehead atoms. The number of hydrogen-bond acceptors (Lipinski definition) is 4. The molecule has 8 heteroatoms. The summed E-state index contributed by atoms with van der Waals surface area (Å²) in [5.74, 6) is 2.35. The third kappa shape index (κ3) is 3.44. The fraction of sp³-hybridized carbons (Fsp3) is 0.417. The van der Waals surface area contributed by atoms with Crippen LogP contribution in [0.4, 0.5) is 8.78 Å². The minimum Gasteiger partial charge on any atom is -0.488 e. The monoisotopic (exact) mass is 350 g/mol. The zero-order valence-electron chi connectivity index (χ0n) is 10.4. The van der Waals surface area contributed by atoms with Gasteiger partial charge >= 0.3 is 0 Å². The van der Waals surface area contributed by atoms with E-state index in [9.17, 15) is 13.6 Å². The molecule has 1 fully saturated rings. The van der Waals surface area contributed by atoms with Crippen LogP contribution in [-0.2, 0) is 9.53 Å². The highest BCUT2D eigenvalue weighted by molar-refractivity contribution is 9.10. The molecule has 1 aliphatic rings. The minimum absolute atomic E-state index is 0.0289. The smallest absolute Gasteiger partial charge is 0.263 e. The van der Waals surface area contributed by atoms with Gasteiger partial charge in [-0.2, -0.15) is 4.39 Å². The third-order valence-electron chi connectivity index (χ3n) is 2.93. The summed E-state index contributed by atoms with van der Waals surface area (Å²) in [7, 11) is 0. The number of benzene rings is 1. The molecule has 1 aliphatic heterocycles. The van der Waals surface area contributed by atoms with Gasteiger partial charge in [0.05, 0.1) is 6.10 Å². The van der Waals surface area contributed by atoms with Crippen molar-refractivity contribution in [1.82, 2.24) is 5.43 Å². The molecule has 3 N–H and O–H groups in total. The summed E-state index contributed by atoms with van der Waals surface area (Å²) in [6.45, 7) is 0.0289. The number of amides is 1. The van der Waals surface area contributed by atoms with Crippen molar-refractivity contribution in [2.24, 2.45) is 5.84 Å². The van der Waals surface area contributed by atoms with Crippen molar-refractivity contribution in [3.05, 3.63) is 28.2 Å². The molecule has 2 atom stereocenters. The fourth-order valence-corrected chi connectivity index (χ4v) is 2.34. The van der Waals surface area contributed by atoms with Crippen LogP contribution in [0.2, 0.25) is 0 Å². The van der Waals surface area contributed by atoms with E-state index in [0.717, 1.165) is 6.07 Å². The van der Waals surface area contributed by atoms with Gasteiger partial charge in [-0.05, 0) is 25.0 Å². The lowest BCUT2D eigenvalue weighted by atomic mass is 10.2. The van der Waals surface area contributed by atoms with Crippen LogP contribution in [0.3, 0.4) is 0 Å². The van der Waals surface area contributed by atoms with Crippen molar-refractivity contribution in [1.29, 1.82) is 0 Å². The van der Waals surface area contributed by atoms with Crippen molar-refractivity contribution in [3.8, 4) is 5.75 Å². The number of nitrogens with one attached hydrogen (secondary N) is 1. The van der Waals surface area contributed by atoms with Gasteiger partial charge in [0.25, 0.3) is 5.91 Å². The maximum Gasteiger partial charge on any atom is 0.263 e. The highest BCUT2D eigenvalue weighted by Crippen LogP contribution is 2.27. The Labute approximate surface area is 122 Å². The zero-order chi connectivity index (χ0) is 14.7. The number of hydrogen-bond donors (Lipinski definition) is 2. The SMILES string of the molecule is NNC(=O)C1CCC(COc2cc(Br)cc(F)c2F)O1. The molecule has 1 aromatic carbocycles. The molecular formula is C12H13BrF2N2O3. The molecule has 2 rings (SSSR count). The Morgan fingerprint density at radius 3 is 2.95 bits per heavy atom. The molecule has 5 nitrogen and oxygen atoms in total. The number of hydrazine groups is 1. The first-order valence-electron chi connectivity index (χ1n) is 5.94. The Bertz CT molecular complexity index is 516. The lowest BCUT2D eigenvalue weighted by Gasteiger charge is -2.14. The second-order valence-corrected chi connectivity index (χ2v) is 5.26. The number of nitrogens with two attached hydrogens (primary N) is 1. The quantitative estimate of drug-likeness (QED) is 0.374. The molecule has 2 unspecified atom stereocenters. The minimum atomic E-state index is -1.05. The topological polar surface area (TPSA) is 73.6 Å². The second kappa shape index (κ2) is 6.47. The van der Waals surface area contributed by atoms with Crippen molar-refractivity contribution >= 4 is 21.8 Å². The lowest BCUT2D eigenvalue weighted by molar-refractivity contribution is -0.132. The molecule has 0 radical (unpaired) electrons. The molecular weight excluding hydrogens is 338 g/mol. The first kappa shape index (κ1) is 15.1. The van der Waals surface area contributed by atoms with Gasteiger partial charge in [-0.25, -0.2) is 10.2 Å². The molecule has 0 aliphatic carbocycles. The van der Waals surface area contributed by atoms with Crippen LogP contribution in [0.1, 0.15) is 12.8 Å². The van der Waals surface area contributed by atoms with Crippen LogP contribution in [0, 0.1) is 11.6 Å². The first-order chi connectivity index (χ1) is 9.51. The number of rotatable bonds is 4. The predicted molar refractivity (Wildman–Crippen MR) is 69.8 cm³/mol. The summed E-state index contributed by atoms with van der Waals surface area (Å²) in [5, 5.41) is 0. The van der Waals surface area contributed by atoms with E-state index in [1.165, 1.54) is 6.07 Å². The van der Waals surface area contributed by atoms with Crippen LogP contribution in [0.5, 0.6) is 5.75 Å². The summed E-state index contributed by atoms with van der Waals surface area (Å²) < 4.78 is 37.6. The Balaban J connectivity index is 1.92. The van der Waals surface area contributed by atoms with Gasteiger partial charge in [0, 0.05) is 4.47 Å². The van der Waals surface area contributed by atoms with Crippen LogP contribution in [-0.4, -0.2) is 24.7 Å². The number of carbonyl (C=O) groups is 1. The van der Waals surface area contributed by atoms with Gasteiger partial charge in [-0.1, -0.05) is 15.9 Å². The lowest BCUT2D eigenvalue weighted by Crippen LogP contribution is -2.39. The van der Waals surface area contributed by atoms with E-state index in [-0.39, 0.29) is 18.5 Å². The van der Waals surface area contributed by atoms with Gasteiger partial charge in [-0.3, -0.25) is 10.2 Å². The molecule has 110 valence electrons. The van der Waals surface area contributed by atoms with Gasteiger partial charge < -0.3 is 9.47 Å². The molecule has 0 aromatic heterocycles. The summed E-state index contributed by atoms with van der Waals surface area (Å²) >= 11 is 3.05. The average Bonchev–Trinajstić information content (AvgIpc) is 2.89. The highest BCUT2D eigenvalue weighted by Gasteiger charge is 2.30. The van der Waals surface area contributed by atoms with Gasteiger partial charge in [0.1, 0.15) is 12.7 Å². The molecule has 1 heterocycles. The maximum absolute atomic E-state index is 13.5. The van der Waals surface area contributed by atoms with Crippen molar-refractivity contribution < 1.29 is 23.0 Å². The number of carbonyl (C=O) groups excluding carboxylic acids is 1. The Morgan fingerprint density at radius 1 is 1.50 bits per heavy atom. The van der Waals surface area contributed by atoms with E-state index >= 15 is 0 Å². The van der Waals surface area contributed by atoms with E-state index in [1.807, 2.05) is 5.43 Å². The maximum atomic E-state index is 13.5. The Morgan fingerprint density at radius 2 is 2.25 bits per heavy atom. The zero-order valence-corrected chi connectivity index (χ0v) is 12.0. The summed E-state index contributed by atoms with van der Waals surface area (Å²) in [5.41, 5.74) is 2.00. The van der Waals surface area contributed by atoms with Crippen molar-refractivity contribution in [3.63, 3.8) is 0 Å². The van der Waals surface area contributed by atoms with Gasteiger partial charge in [0.15, 0.2) is 11.6 Å². The van der Waals surface area contributed by atoms with E-state index in [4.69, 9.17) is 15.3 Å². The first-order valence-corrected chi connectivity index (χ1v) is 6.74. The van der Waals surface area contributed by atoms with Crippen molar-refractivity contribution in [2.45, 2.75) is 25.0 Å². The van der Waals surface area contributed by atoms with Crippen LogP contribution < -0.4 is 16.0 Å². The molecule has 1 saturated heterocycles. The number of halogens is 3. The summed E-state index contributed by atoms with van der Waals surface area (Å²) in [6, 6.07) is 2.34. The largest absolute Gasteiger partial charge is 0.488 e. The predicted octanol–water partition coefficient (Wildman–Crippen LogP) is 1.64. The van der Waals surface area contributed by atoms with Crippen LogP contribution >= 0.6 is 15.9 Å².